The Morgan fingerprint density at radius 3 is 2.33 bits per heavy atom. The van der Waals surface area contributed by atoms with Crippen LogP contribution in [0.15, 0.2) is 42.5 Å². The van der Waals surface area contributed by atoms with E-state index >= 15 is 0 Å². The molecular weight excluding hydrogens is 378 g/mol. The molecule has 30 heavy (non-hydrogen) atoms. The highest BCUT2D eigenvalue weighted by Crippen LogP contribution is 2.22. The summed E-state index contributed by atoms with van der Waals surface area (Å²) in [5.74, 6) is -0.781. The molecule has 1 aliphatic carbocycles. The van der Waals surface area contributed by atoms with Crippen LogP contribution in [0.4, 0.5) is 5.69 Å². The number of hydrogen-bond acceptors (Lipinski definition) is 4. The van der Waals surface area contributed by atoms with Crippen molar-refractivity contribution in [3.05, 3.63) is 64.7 Å². The zero-order chi connectivity index (χ0) is 21.3. The van der Waals surface area contributed by atoms with Crippen molar-refractivity contribution in [3.63, 3.8) is 0 Å². The lowest BCUT2D eigenvalue weighted by Gasteiger charge is -2.16. The van der Waals surface area contributed by atoms with Gasteiger partial charge in [-0.05, 0) is 79.6 Å². The molecule has 2 aromatic rings. The lowest BCUT2D eigenvalue weighted by Crippen LogP contribution is -2.15. The first kappa shape index (κ1) is 21.8. The molecule has 3 rings (SSSR count). The second-order valence-corrected chi connectivity index (χ2v) is 7.77. The highest BCUT2D eigenvalue weighted by atomic mass is 16.5. The van der Waals surface area contributed by atoms with Crippen molar-refractivity contribution in [1.82, 2.24) is 0 Å². The van der Waals surface area contributed by atoms with Crippen LogP contribution in [0.5, 0.6) is 0 Å². The molecule has 0 bridgehead atoms. The number of rotatable bonds is 9. The maximum Gasteiger partial charge on any atom is 0.338 e. The Hall–Kier alpha value is -2.95. The Balaban J connectivity index is 1.50. The molecule has 158 valence electrons. The normalized spacial score (nSPS) is 12.7. The first-order valence-electron chi connectivity index (χ1n) is 10.8. The van der Waals surface area contributed by atoms with Crippen LogP contribution in [0.25, 0.3) is 0 Å². The molecule has 0 unspecified atom stereocenters. The van der Waals surface area contributed by atoms with Gasteiger partial charge in [0.1, 0.15) is 0 Å². The second kappa shape index (κ2) is 10.7. The van der Waals surface area contributed by atoms with Gasteiger partial charge in [-0.15, -0.1) is 0 Å². The number of nitrogens with one attached hydrogen (secondary N) is 1. The molecule has 0 aliphatic heterocycles. The summed E-state index contributed by atoms with van der Waals surface area (Å²) >= 11 is 0. The van der Waals surface area contributed by atoms with Crippen LogP contribution in [0, 0.1) is 0 Å². The van der Waals surface area contributed by atoms with Crippen molar-refractivity contribution in [1.29, 1.82) is 0 Å². The van der Waals surface area contributed by atoms with Gasteiger partial charge in [-0.3, -0.25) is 9.59 Å². The average molecular weight is 408 g/mol. The third-order valence-corrected chi connectivity index (χ3v) is 5.42. The van der Waals surface area contributed by atoms with Gasteiger partial charge in [-0.2, -0.15) is 0 Å². The number of ketones is 1. The van der Waals surface area contributed by atoms with Gasteiger partial charge in [0.2, 0.25) is 5.91 Å². The fraction of sp³-hybridized carbons (Fsp3) is 0.400. The summed E-state index contributed by atoms with van der Waals surface area (Å²) in [6.07, 6.45) is 7.83. The smallest absolute Gasteiger partial charge is 0.338 e. The van der Waals surface area contributed by atoms with E-state index in [-0.39, 0.29) is 18.3 Å². The van der Waals surface area contributed by atoms with Gasteiger partial charge in [0.25, 0.3) is 0 Å². The molecule has 2 aromatic carbocycles. The maximum absolute atomic E-state index is 12.4. The second-order valence-electron chi connectivity index (χ2n) is 7.77. The number of benzene rings is 2. The number of aryl methyl sites for hydroxylation is 2. The molecule has 5 heteroatoms. The van der Waals surface area contributed by atoms with Gasteiger partial charge in [0, 0.05) is 17.7 Å². The zero-order valence-electron chi connectivity index (χ0n) is 17.5. The third kappa shape index (κ3) is 6.02. The van der Waals surface area contributed by atoms with Crippen LogP contribution in [0.1, 0.15) is 77.3 Å². The number of ether oxygens (including phenoxy) is 1. The topological polar surface area (TPSA) is 72.5 Å². The van der Waals surface area contributed by atoms with Gasteiger partial charge in [-0.25, -0.2) is 4.79 Å². The first-order chi connectivity index (χ1) is 14.6. The molecule has 1 amide bonds. The average Bonchev–Trinajstić information content (AvgIpc) is 2.77. The van der Waals surface area contributed by atoms with Crippen LogP contribution in [-0.2, 0) is 22.4 Å². The van der Waals surface area contributed by atoms with Crippen molar-refractivity contribution in [2.24, 2.45) is 0 Å². The maximum atomic E-state index is 12.4. The molecule has 1 aliphatic rings. The van der Waals surface area contributed by atoms with Gasteiger partial charge < -0.3 is 10.1 Å². The van der Waals surface area contributed by atoms with Crippen LogP contribution in [0.2, 0.25) is 0 Å². The minimum atomic E-state index is -0.479. The lowest BCUT2D eigenvalue weighted by atomic mass is 9.90. The quantitative estimate of drug-likeness (QED) is 0.356. The Morgan fingerprint density at radius 1 is 0.900 bits per heavy atom. The molecule has 0 radical (unpaired) electrons. The standard InChI is InChI=1S/C25H29NO4/c1-2-3-4-9-24(28)26-22-14-12-19(13-15-22)23(27)17-30-25(29)21-11-10-18-7-5-6-8-20(18)16-21/h10-16H,2-9,17H2,1H3,(H,26,28). The number of carbonyl (C=O) groups is 3. The van der Waals surface area contributed by atoms with Gasteiger partial charge in [-0.1, -0.05) is 25.8 Å². The number of esters is 1. The predicted molar refractivity (Wildman–Crippen MR) is 117 cm³/mol. The third-order valence-electron chi connectivity index (χ3n) is 5.42. The summed E-state index contributed by atoms with van der Waals surface area (Å²) in [5, 5.41) is 2.83. The summed E-state index contributed by atoms with van der Waals surface area (Å²) < 4.78 is 5.23. The van der Waals surface area contributed by atoms with E-state index in [1.54, 1.807) is 30.3 Å². The van der Waals surface area contributed by atoms with Crippen molar-refractivity contribution in [3.8, 4) is 0 Å². The summed E-state index contributed by atoms with van der Waals surface area (Å²) in [7, 11) is 0. The largest absolute Gasteiger partial charge is 0.454 e. The molecule has 1 N–H and O–H groups in total. The predicted octanol–water partition coefficient (Wildman–Crippen LogP) is 5.12. The summed E-state index contributed by atoms with van der Waals surface area (Å²) in [6, 6.07) is 12.3. The molecular formula is C25H29NO4. The molecule has 5 nitrogen and oxygen atoms in total. The Kier molecular flexibility index (Phi) is 7.77. The molecule has 0 fully saturated rings. The van der Waals surface area contributed by atoms with Crippen molar-refractivity contribution in [2.45, 2.75) is 58.3 Å². The van der Waals surface area contributed by atoms with Gasteiger partial charge in [0.05, 0.1) is 5.56 Å². The lowest BCUT2D eigenvalue weighted by molar-refractivity contribution is -0.116. The van der Waals surface area contributed by atoms with Crippen LogP contribution in [0.3, 0.4) is 0 Å². The molecule has 0 heterocycles. The van der Waals surface area contributed by atoms with Crippen molar-refractivity contribution >= 4 is 23.3 Å². The molecule has 0 aromatic heterocycles. The highest BCUT2D eigenvalue weighted by Gasteiger charge is 2.15. The van der Waals surface area contributed by atoms with E-state index < -0.39 is 5.97 Å². The van der Waals surface area contributed by atoms with E-state index in [1.165, 1.54) is 17.5 Å². The Labute approximate surface area is 177 Å². The number of carbonyl (C=O) groups excluding carboxylic acids is 3. The molecule has 0 atom stereocenters. The fourth-order valence-corrected chi connectivity index (χ4v) is 3.66. The summed E-state index contributed by atoms with van der Waals surface area (Å²) in [5.41, 5.74) is 4.08. The van der Waals surface area contributed by atoms with E-state index in [0.29, 0.717) is 23.2 Å². The van der Waals surface area contributed by atoms with Crippen molar-refractivity contribution in [2.75, 3.05) is 11.9 Å². The van der Waals surface area contributed by atoms with E-state index in [0.717, 1.165) is 38.5 Å². The van der Waals surface area contributed by atoms with Crippen molar-refractivity contribution < 1.29 is 19.1 Å². The highest BCUT2D eigenvalue weighted by molar-refractivity contribution is 6.00. The number of fused-ring (bicyclic) bond motifs is 1. The van der Waals surface area contributed by atoms with Gasteiger partial charge in [0.15, 0.2) is 12.4 Å². The number of Topliss-reactive ketones (excluding diaryl/α,β-unsaturated/α-hetero) is 1. The minimum absolute atomic E-state index is 0.0264. The van der Waals surface area contributed by atoms with E-state index in [1.807, 2.05) is 12.1 Å². The number of unbranched alkanes of at least 4 members (excludes halogenated alkanes) is 2. The number of hydrogen-bond donors (Lipinski definition) is 1. The SMILES string of the molecule is CCCCCC(=O)Nc1ccc(C(=O)COC(=O)c2ccc3c(c2)CCCC3)cc1. The van der Waals surface area contributed by atoms with E-state index in [2.05, 4.69) is 12.2 Å². The molecule has 0 spiro atoms. The summed E-state index contributed by atoms with van der Waals surface area (Å²) in [4.78, 5) is 36.6. The number of amides is 1. The van der Waals surface area contributed by atoms with Crippen LogP contribution >= 0.6 is 0 Å². The zero-order valence-corrected chi connectivity index (χ0v) is 17.5. The Morgan fingerprint density at radius 2 is 1.60 bits per heavy atom. The minimum Gasteiger partial charge on any atom is -0.454 e. The Bertz CT molecular complexity index is 902. The molecule has 0 saturated heterocycles. The fourth-order valence-electron chi connectivity index (χ4n) is 3.66. The summed E-state index contributed by atoms with van der Waals surface area (Å²) in [6.45, 7) is 1.79. The van der Waals surface area contributed by atoms with E-state index in [9.17, 15) is 14.4 Å². The molecule has 0 saturated carbocycles. The van der Waals surface area contributed by atoms with Gasteiger partial charge >= 0.3 is 5.97 Å². The number of anilines is 1. The first-order valence-corrected chi connectivity index (χ1v) is 10.8. The van der Waals surface area contributed by atoms with Crippen LogP contribution in [-0.4, -0.2) is 24.3 Å². The van der Waals surface area contributed by atoms with E-state index in [4.69, 9.17) is 4.74 Å². The monoisotopic (exact) mass is 407 g/mol. The van der Waals surface area contributed by atoms with Crippen LogP contribution < -0.4 is 5.32 Å².